The Morgan fingerprint density at radius 2 is 2.25 bits per heavy atom. The number of hydrogen-bond donors (Lipinski definition) is 1. The number of carboxylic acid groups (broad SMARTS) is 1. The van der Waals surface area contributed by atoms with Gasteiger partial charge in [0.15, 0.2) is 0 Å². The Kier molecular flexibility index (Phi) is 4.15. The van der Waals surface area contributed by atoms with Crippen molar-refractivity contribution in [1.82, 2.24) is 9.80 Å². The molecule has 1 heterocycles. The van der Waals surface area contributed by atoms with Crippen LogP contribution in [0.4, 0.5) is 4.79 Å². The highest BCUT2D eigenvalue weighted by atomic mass is 16.4. The van der Waals surface area contributed by atoms with Gasteiger partial charge >= 0.3 is 12.0 Å². The van der Waals surface area contributed by atoms with Crippen LogP contribution in [0.5, 0.6) is 0 Å². The van der Waals surface area contributed by atoms with Crippen LogP contribution in [-0.2, 0) is 4.79 Å². The lowest BCUT2D eigenvalue weighted by atomic mass is 10.1. The van der Waals surface area contributed by atoms with Crippen LogP contribution in [0.3, 0.4) is 0 Å². The fourth-order valence-corrected chi connectivity index (χ4v) is 1.95. The first-order valence-corrected chi connectivity index (χ1v) is 5.72. The lowest BCUT2D eigenvalue weighted by Gasteiger charge is -2.22. The summed E-state index contributed by atoms with van der Waals surface area (Å²) >= 11 is 0. The van der Waals surface area contributed by atoms with Crippen LogP contribution in [0.2, 0.25) is 0 Å². The lowest BCUT2D eigenvalue weighted by Crippen LogP contribution is -2.36. The van der Waals surface area contributed by atoms with Crippen LogP contribution in [0, 0.1) is 0 Å². The molecule has 1 N–H and O–H groups in total. The Hall–Kier alpha value is -1.26. The number of carbonyl (C=O) groups is 2. The molecule has 0 saturated carbocycles. The third kappa shape index (κ3) is 2.65. The van der Waals surface area contributed by atoms with Gasteiger partial charge in [-0.3, -0.25) is 4.79 Å². The molecule has 2 unspecified atom stereocenters. The summed E-state index contributed by atoms with van der Waals surface area (Å²) in [5, 5.41) is 8.63. The van der Waals surface area contributed by atoms with Gasteiger partial charge in [-0.05, 0) is 19.8 Å². The van der Waals surface area contributed by atoms with E-state index in [4.69, 9.17) is 5.11 Å². The van der Waals surface area contributed by atoms with Crippen LogP contribution < -0.4 is 0 Å². The van der Waals surface area contributed by atoms with E-state index < -0.39 is 5.97 Å². The second-order valence-electron chi connectivity index (χ2n) is 4.39. The molecule has 2 atom stereocenters. The molecule has 5 heteroatoms. The number of carboxylic acids is 1. The third-order valence-electron chi connectivity index (χ3n) is 3.32. The first-order valence-electron chi connectivity index (χ1n) is 5.72. The fraction of sp³-hybridized carbons (Fsp3) is 0.818. The Morgan fingerprint density at radius 1 is 1.62 bits per heavy atom. The van der Waals surface area contributed by atoms with Crippen molar-refractivity contribution >= 4 is 12.0 Å². The normalized spacial score (nSPS) is 22.7. The number of aliphatic carboxylic acids is 1. The molecule has 0 aromatic rings. The Labute approximate surface area is 96.0 Å². The van der Waals surface area contributed by atoms with Crippen LogP contribution in [0.15, 0.2) is 0 Å². The van der Waals surface area contributed by atoms with Gasteiger partial charge in [0.05, 0.1) is 6.04 Å². The van der Waals surface area contributed by atoms with Gasteiger partial charge in [-0.1, -0.05) is 6.92 Å². The van der Waals surface area contributed by atoms with Crippen molar-refractivity contribution in [3.63, 3.8) is 0 Å². The molecule has 0 bridgehead atoms. The van der Waals surface area contributed by atoms with Crippen LogP contribution in [-0.4, -0.2) is 52.6 Å². The van der Waals surface area contributed by atoms with Crippen molar-refractivity contribution in [1.29, 1.82) is 0 Å². The van der Waals surface area contributed by atoms with Crippen molar-refractivity contribution in [2.45, 2.75) is 45.2 Å². The maximum atomic E-state index is 11.9. The maximum Gasteiger partial charge on any atom is 0.320 e. The first-order chi connectivity index (χ1) is 7.47. The highest BCUT2D eigenvalue weighted by molar-refractivity contribution is 5.77. The maximum absolute atomic E-state index is 11.9. The van der Waals surface area contributed by atoms with E-state index in [9.17, 15) is 9.59 Å². The number of rotatable bonds is 5. The van der Waals surface area contributed by atoms with E-state index in [1.54, 1.807) is 11.9 Å². The molecule has 2 amide bonds. The number of nitrogens with zero attached hydrogens (tertiary/aromatic N) is 2. The highest BCUT2D eigenvalue weighted by Crippen LogP contribution is 2.21. The number of carbonyl (C=O) groups excluding carboxylic acids is 1. The number of hydrogen-bond acceptors (Lipinski definition) is 2. The van der Waals surface area contributed by atoms with E-state index >= 15 is 0 Å². The van der Waals surface area contributed by atoms with E-state index in [2.05, 4.69) is 0 Å². The van der Waals surface area contributed by atoms with Gasteiger partial charge in [0.2, 0.25) is 0 Å². The molecule has 16 heavy (non-hydrogen) atoms. The van der Waals surface area contributed by atoms with Crippen molar-refractivity contribution in [3.8, 4) is 0 Å². The molecule has 1 aliphatic rings. The second kappa shape index (κ2) is 5.18. The molecule has 0 radical (unpaired) electrons. The van der Waals surface area contributed by atoms with Gasteiger partial charge in [-0.25, -0.2) is 4.79 Å². The minimum atomic E-state index is -0.803. The third-order valence-corrected chi connectivity index (χ3v) is 3.32. The standard InChI is InChI=1S/C11H20N2O3/c1-4-8(2)13-7-9(5-6-10(14)15)12(3)11(13)16/h8-9H,4-7H2,1-3H3,(H,14,15). The summed E-state index contributed by atoms with van der Waals surface area (Å²) in [5.74, 6) is -0.803. The van der Waals surface area contributed by atoms with E-state index in [1.165, 1.54) is 0 Å². The molecule has 1 aliphatic heterocycles. The van der Waals surface area contributed by atoms with Crippen LogP contribution >= 0.6 is 0 Å². The fourth-order valence-electron chi connectivity index (χ4n) is 1.95. The van der Waals surface area contributed by atoms with Crippen molar-refractivity contribution in [2.75, 3.05) is 13.6 Å². The van der Waals surface area contributed by atoms with Crippen LogP contribution in [0.25, 0.3) is 0 Å². The molecule has 0 aromatic carbocycles. The Morgan fingerprint density at radius 3 is 2.75 bits per heavy atom. The summed E-state index contributed by atoms with van der Waals surface area (Å²) in [4.78, 5) is 25.9. The van der Waals surface area contributed by atoms with Crippen molar-refractivity contribution in [2.24, 2.45) is 0 Å². The second-order valence-corrected chi connectivity index (χ2v) is 4.39. The summed E-state index contributed by atoms with van der Waals surface area (Å²) in [6, 6.07) is 0.284. The van der Waals surface area contributed by atoms with E-state index in [0.29, 0.717) is 13.0 Å². The average Bonchev–Trinajstić information content (AvgIpc) is 2.52. The van der Waals surface area contributed by atoms with Crippen LogP contribution in [0.1, 0.15) is 33.1 Å². The molecule has 1 rings (SSSR count). The summed E-state index contributed by atoms with van der Waals surface area (Å²) < 4.78 is 0. The largest absolute Gasteiger partial charge is 0.481 e. The Balaban J connectivity index is 2.57. The zero-order valence-corrected chi connectivity index (χ0v) is 10.1. The van der Waals surface area contributed by atoms with Gasteiger partial charge in [0.25, 0.3) is 0 Å². The minimum Gasteiger partial charge on any atom is -0.481 e. The molecular weight excluding hydrogens is 208 g/mol. The summed E-state index contributed by atoms with van der Waals surface area (Å²) in [7, 11) is 1.75. The van der Waals surface area contributed by atoms with Gasteiger partial charge in [0, 0.05) is 26.1 Å². The highest BCUT2D eigenvalue weighted by Gasteiger charge is 2.36. The summed E-state index contributed by atoms with van der Waals surface area (Å²) in [5.41, 5.74) is 0. The molecule has 1 saturated heterocycles. The SMILES string of the molecule is CCC(C)N1CC(CCC(=O)O)N(C)C1=O. The number of amides is 2. The smallest absolute Gasteiger partial charge is 0.320 e. The molecule has 5 nitrogen and oxygen atoms in total. The van der Waals surface area contributed by atoms with E-state index in [0.717, 1.165) is 6.42 Å². The van der Waals surface area contributed by atoms with Gasteiger partial charge in [-0.15, -0.1) is 0 Å². The molecule has 0 spiro atoms. The number of likely N-dealkylation sites (N-methyl/N-ethyl adjacent to an activating group) is 1. The predicted octanol–water partition coefficient (Wildman–Crippen LogP) is 1.39. The zero-order chi connectivity index (χ0) is 12.3. The molecule has 1 fully saturated rings. The van der Waals surface area contributed by atoms with Crippen molar-refractivity contribution in [3.05, 3.63) is 0 Å². The van der Waals surface area contributed by atoms with Gasteiger partial charge < -0.3 is 14.9 Å². The topological polar surface area (TPSA) is 60.9 Å². The molecule has 0 aliphatic carbocycles. The lowest BCUT2D eigenvalue weighted by molar-refractivity contribution is -0.137. The molecular formula is C11H20N2O3. The van der Waals surface area contributed by atoms with E-state index in [1.807, 2.05) is 18.7 Å². The van der Waals surface area contributed by atoms with E-state index in [-0.39, 0.29) is 24.5 Å². The predicted molar refractivity (Wildman–Crippen MR) is 60.3 cm³/mol. The quantitative estimate of drug-likeness (QED) is 0.773. The monoisotopic (exact) mass is 228 g/mol. The minimum absolute atomic E-state index is 0.0183. The first kappa shape index (κ1) is 12.8. The average molecular weight is 228 g/mol. The molecule has 0 aromatic heterocycles. The summed E-state index contributed by atoms with van der Waals surface area (Å²) in [6.45, 7) is 4.71. The summed E-state index contributed by atoms with van der Waals surface area (Å²) in [6.07, 6.45) is 1.58. The van der Waals surface area contributed by atoms with Crippen molar-refractivity contribution < 1.29 is 14.7 Å². The molecule has 92 valence electrons. The van der Waals surface area contributed by atoms with Gasteiger partial charge in [-0.2, -0.15) is 0 Å². The Bertz CT molecular complexity index is 280. The zero-order valence-electron chi connectivity index (χ0n) is 10.1. The van der Waals surface area contributed by atoms with Gasteiger partial charge in [0.1, 0.15) is 0 Å². The number of urea groups is 1.